The largest absolute Gasteiger partial charge is 0.341 e. The van der Waals surface area contributed by atoms with Crippen molar-refractivity contribution in [3.05, 3.63) is 64.6 Å². The van der Waals surface area contributed by atoms with E-state index in [2.05, 4.69) is 20.8 Å². The number of para-hydroxylation sites is 1. The third-order valence-electron chi connectivity index (χ3n) is 7.57. The molecule has 3 heterocycles. The van der Waals surface area contributed by atoms with Gasteiger partial charge in [0.1, 0.15) is 12.1 Å². The molecule has 3 aliphatic heterocycles. The first-order chi connectivity index (χ1) is 17.0. The lowest BCUT2D eigenvalue weighted by atomic mass is 9.85. The quantitative estimate of drug-likeness (QED) is 0.594. The van der Waals surface area contributed by atoms with Crippen LogP contribution in [0, 0.1) is 0 Å². The topological polar surface area (TPSA) is 64.2 Å². The fourth-order valence-electron chi connectivity index (χ4n) is 5.61. The van der Waals surface area contributed by atoms with Gasteiger partial charge in [-0.1, -0.05) is 40.2 Å². The number of rotatable bonds is 4. The molecule has 5 rings (SSSR count). The Hall–Kier alpha value is -2.87. The van der Waals surface area contributed by atoms with Gasteiger partial charge in [0.25, 0.3) is 11.8 Å². The summed E-state index contributed by atoms with van der Waals surface area (Å²) in [7, 11) is 0. The second-order valence-electron chi connectivity index (χ2n) is 9.68. The zero-order valence-corrected chi connectivity index (χ0v) is 21.5. The van der Waals surface area contributed by atoms with Crippen molar-refractivity contribution >= 4 is 39.3 Å². The standard InChI is InChI=1S/C27H31BrN4O3/c28-22-9-7-8-21(18-22)25(34)30-16-12-27(13-17-30)26(35)31(19-24(33)29-14-5-2-6-15-29)20-32(27)23-10-3-1-4-11-23/h1,3-4,7-11,18H,2,5-6,12-17,19-20H2. The SMILES string of the molecule is O=C(CN1CN(c2ccccc2)C2(CCN(C(=O)c3cccc(Br)c3)CC2)C1=O)N1CCCCC1. The number of anilines is 1. The molecule has 3 fully saturated rings. The molecule has 0 saturated carbocycles. The Morgan fingerprint density at radius 1 is 0.857 bits per heavy atom. The highest BCUT2D eigenvalue weighted by Crippen LogP contribution is 2.39. The Kier molecular flexibility index (Phi) is 6.82. The fraction of sp³-hybridized carbons (Fsp3) is 0.444. The summed E-state index contributed by atoms with van der Waals surface area (Å²) in [5.41, 5.74) is 0.875. The molecule has 0 atom stereocenters. The fourth-order valence-corrected chi connectivity index (χ4v) is 6.01. The van der Waals surface area contributed by atoms with Gasteiger partial charge < -0.3 is 19.6 Å². The van der Waals surface area contributed by atoms with Gasteiger partial charge in [-0.05, 0) is 62.4 Å². The first-order valence-electron chi connectivity index (χ1n) is 12.4. The third-order valence-corrected chi connectivity index (χ3v) is 8.06. The molecule has 35 heavy (non-hydrogen) atoms. The summed E-state index contributed by atoms with van der Waals surface area (Å²) in [6, 6.07) is 17.4. The van der Waals surface area contributed by atoms with Crippen LogP contribution in [0.3, 0.4) is 0 Å². The lowest BCUT2D eigenvalue weighted by molar-refractivity contribution is -0.141. The highest BCUT2D eigenvalue weighted by atomic mass is 79.9. The van der Waals surface area contributed by atoms with E-state index in [9.17, 15) is 14.4 Å². The Labute approximate surface area is 214 Å². The van der Waals surface area contributed by atoms with Gasteiger partial charge in [-0.2, -0.15) is 0 Å². The number of benzene rings is 2. The van der Waals surface area contributed by atoms with E-state index in [0.29, 0.717) is 38.2 Å². The minimum atomic E-state index is -0.739. The van der Waals surface area contributed by atoms with Gasteiger partial charge in [-0.25, -0.2) is 0 Å². The number of halogens is 1. The number of carbonyl (C=O) groups is 3. The van der Waals surface area contributed by atoms with Gasteiger partial charge in [0.05, 0.1) is 6.67 Å². The van der Waals surface area contributed by atoms with Gasteiger partial charge >= 0.3 is 0 Å². The molecule has 0 aliphatic carbocycles. The first kappa shape index (κ1) is 23.9. The van der Waals surface area contributed by atoms with E-state index in [1.54, 1.807) is 4.90 Å². The summed E-state index contributed by atoms with van der Waals surface area (Å²) in [5.74, 6) is 0.0154. The molecule has 2 aromatic carbocycles. The molecule has 3 saturated heterocycles. The van der Waals surface area contributed by atoms with E-state index in [1.807, 2.05) is 64.4 Å². The molecule has 0 N–H and O–H groups in total. The average Bonchev–Trinajstić information content (AvgIpc) is 3.16. The first-order valence-corrected chi connectivity index (χ1v) is 13.2. The predicted octanol–water partition coefficient (Wildman–Crippen LogP) is 3.74. The van der Waals surface area contributed by atoms with Crippen molar-refractivity contribution in [3.63, 3.8) is 0 Å². The maximum Gasteiger partial charge on any atom is 0.253 e. The minimum absolute atomic E-state index is 0.00117. The third kappa shape index (κ3) is 4.68. The molecule has 3 aliphatic rings. The number of amides is 3. The predicted molar refractivity (Wildman–Crippen MR) is 138 cm³/mol. The van der Waals surface area contributed by atoms with Crippen LogP contribution in [0.25, 0.3) is 0 Å². The van der Waals surface area contributed by atoms with E-state index in [4.69, 9.17) is 0 Å². The maximum atomic E-state index is 13.9. The maximum absolute atomic E-state index is 13.9. The molecule has 184 valence electrons. The lowest BCUT2D eigenvalue weighted by Crippen LogP contribution is -2.57. The molecular formula is C27H31BrN4O3. The van der Waals surface area contributed by atoms with E-state index in [-0.39, 0.29) is 24.3 Å². The summed E-state index contributed by atoms with van der Waals surface area (Å²) in [5, 5.41) is 0. The molecule has 0 unspecified atom stereocenters. The van der Waals surface area contributed by atoms with Crippen molar-refractivity contribution in [1.82, 2.24) is 14.7 Å². The molecule has 8 heteroatoms. The van der Waals surface area contributed by atoms with Crippen molar-refractivity contribution in [2.45, 2.75) is 37.6 Å². The van der Waals surface area contributed by atoms with E-state index in [0.717, 1.165) is 42.5 Å². The molecule has 3 amide bonds. The monoisotopic (exact) mass is 538 g/mol. The van der Waals surface area contributed by atoms with Crippen LogP contribution in [-0.4, -0.2) is 77.4 Å². The summed E-state index contributed by atoms with van der Waals surface area (Å²) in [6.07, 6.45) is 4.29. The van der Waals surface area contributed by atoms with Gasteiger partial charge in [0, 0.05) is 41.9 Å². The highest BCUT2D eigenvalue weighted by molar-refractivity contribution is 9.10. The molecule has 7 nitrogen and oxygen atoms in total. The summed E-state index contributed by atoms with van der Waals surface area (Å²) in [4.78, 5) is 47.6. The number of piperidine rings is 2. The second-order valence-corrected chi connectivity index (χ2v) is 10.6. The Morgan fingerprint density at radius 2 is 1.57 bits per heavy atom. The number of nitrogens with zero attached hydrogens (tertiary/aromatic N) is 4. The van der Waals surface area contributed by atoms with Crippen LogP contribution in [0.15, 0.2) is 59.1 Å². The van der Waals surface area contributed by atoms with E-state index in [1.165, 1.54) is 0 Å². The van der Waals surface area contributed by atoms with Crippen molar-refractivity contribution in [3.8, 4) is 0 Å². The number of hydrogen-bond acceptors (Lipinski definition) is 4. The Morgan fingerprint density at radius 3 is 2.26 bits per heavy atom. The summed E-state index contributed by atoms with van der Waals surface area (Å²) < 4.78 is 0.868. The smallest absolute Gasteiger partial charge is 0.253 e. The second kappa shape index (κ2) is 10.0. The summed E-state index contributed by atoms with van der Waals surface area (Å²) >= 11 is 3.44. The van der Waals surface area contributed by atoms with Gasteiger partial charge in [-0.15, -0.1) is 0 Å². The average molecular weight is 539 g/mol. The highest BCUT2D eigenvalue weighted by Gasteiger charge is 2.54. The zero-order valence-electron chi connectivity index (χ0n) is 19.9. The number of carbonyl (C=O) groups excluding carboxylic acids is 3. The normalized spacial score (nSPS) is 20.0. The molecular weight excluding hydrogens is 508 g/mol. The van der Waals surface area contributed by atoms with Crippen LogP contribution in [-0.2, 0) is 9.59 Å². The van der Waals surface area contributed by atoms with Crippen LogP contribution in [0.1, 0.15) is 42.5 Å². The molecule has 0 radical (unpaired) electrons. The number of likely N-dealkylation sites (tertiary alicyclic amines) is 2. The lowest BCUT2D eigenvalue weighted by Gasteiger charge is -2.43. The number of hydrogen-bond donors (Lipinski definition) is 0. The van der Waals surface area contributed by atoms with Crippen LogP contribution >= 0.6 is 15.9 Å². The minimum Gasteiger partial charge on any atom is -0.341 e. The van der Waals surface area contributed by atoms with Crippen LogP contribution in [0.5, 0.6) is 0 Å². The van der Waals surface area contributed by atoms with Gasteiger partial charge in [0.15, 0.2) is 0 Å². The van der Waals surface area contributed by atoms with Gasteiger partial charge in [-0.3, -0.25) is 14.4 Å². The van der Waals surface area contributed by atoms with E-state index < -0.39 is 5.54 Å². The molecule has 0 bridgehead atoms. The summed E-state index contributed by atoms with van der Waals surface area (Å²) in [6.45, 7) is 3.05. The Bertz CT molecular complexity index is 1090. The van der Waals surface area contributed by atoms with Crippen LogP contribution in [0.2, 0.25) is 0 Å². The molecule has 2 aromatic rings. The molecule has 0 aromatic heterocycles. The van der Waals surface area contributed by atoms with Crippen molar-refractivity contribution in [1.29, 1.82) is 0 Å². The van der Waals surface area contributed by atoms with Crippen LogP contribution < -0.4 is 4.90 Å². The van der Waals surface area contributed by atoms with Crippen molar-refractivity contribution < 1.29 is 14.4 Å². The van der Waals surface area contributed by atoms with Gasteiger partial charge in [0.2, 0.25) is 5.91 Å². The Balaban J connectivity index is 1.35. The van der Waals surface area contributed by atoms with Crippen molar-refractivity contribution in [2.24, 2.45) is 0 Å². The van der Waals surface area contributed by atoms with Crippen LogP contribution in [0.4, 0.5) is 5.69 Å². The van der Waals surface area contributed by atoms with Crippen molar-refractivity contribution in [2.75, 3.05) is 44.3 Å². The zero-order chi connectivity index (χ0) is 24.4. The molecule has 1 spiro atoms. The van der Waals surface area contributed by atoms with E-state index >= 15 is 0 Å².